The van der Waals surface area contributed by atoms with Gasteiger partial charge in [-0.05, 0) is 31.9 Å². The summed E-state index contributed by atoms with van der Waals surface area (Å²) in [4.78, 5) is 2.33. The van der Waals surface area contributed by atoms with Crippen molar-refractivity contribution in [3.63, 3.8) is 0 Å². The normalized spacial score (nSPS) is 17.2. The van der Waals surface area contributed by atoms with Gasteiger partial charge in [0.05, 0.1) is 7.11 Å². The summed E-state index contributed by atoms with van der Waals surface area (Å²) in [5.74, 6) is 1.80. The molecule has 0 spiro atoms. The first-order valence-corrected chi connectivity index (χ1v) is 6.27. The minimum absolute atomic E-state index is 0.0231. The first-order valence-electron chi connectivity index (χ1n) is 6.27. The van der Waals surface area contributed by atoms with Crippen molar-refractivity contribution in [1.29, 1.82) is 0 Å². The molecule has 0 heterocycles. The first-order chi connectivity index (χ1) is 8.20. The molecule has 0 amide bonds. The first kappa shape index (κ1) is 12.4. The molecule has 94 valence electrons. The van der Waals surface area contributed by atoms with Gasteiger partial charge >= 0.3 is 0 Å². The molecule has 2 N–H and O–H groups in total. The number of hydrogen-bond acceptors (Lipinski definition) is 3. The lowest BCUT2D eigenvalue weighted by molar-refractivity contribution is 0.297. The average Bonchev–Trinajstić information content (AvgIpc) is 3.12. The molecule has 1 unspecified atom stereocenters. The third kappa shape index (κ3) is 3.45. The fourth-order valence-electron chi connectivity index (χ4n) is 2.22. The Morgan fingerprint density at radius 3 is 2.76 bits per heavy atom. The van der Waals surface area contributed by atoms with E-state index >= 15 is 0 Å². The third-order valence-electron chi connectivity index (χ3n) is 3.31. The van der Waals surface area contributed by atoms with E-state index in [4.69, 9.17) is 10.5 Å². The second-order valence-electron chi connectivity index (χ2n) is 5.01. The van der Waals surface area contributed by atoms with Gasteiger partial charge in [-0.1, -0.05) is 18.2 Å². The van der Waals surface area contributed by atoms with E-state index in [2.05, 4.69) is 18.0 Å². The van der Waals surface area contributed by atoms with Gasteiger partial charge in [-0.2, -0.15) is 0 Å². The number of hydrogen-bond donors (Lipinski definition) is 1. The Bertz CT molecular complexity index is 363. The molecule has 1 aromatic rings. The quantitative estimate of drug-likeness (QED) is 0.818. The summed E-state index contributed by atoms with van der Waals surface area (Å²) in [6, 6.07) is 8.03. The van der Waals surface area contributed by atoms with Crippen LogP contribution in [0.3, 0.4) is 0 Å². The Balaban J connectivity index is 1.95. The molecular weight excluding hydrogens is 212 g/mol. The maximum Gasteiger partial charge on any atom is 0.123 e. The van der Waals surface area contributed by atoms with Gasteiger partial charge < -0.3 is 15.4 Å². The van der Waals surface area contributed by atoms with Gasteiger partial charge in [0.2, 0.25) is 0 Å². The monoisotopic (exact) mass is 234 g/mol. The van der Waals surface area contributed by atoms with Gasteiger partial charge in [0, 0.05) is 24.7 Å². The van der Waals surface area contributed by atoms with Crippen LogP contribution in [0.5, 0.6) is 5.75 Å². The molecule has 0 aliphatic heterocycles. The van der Waals surface area contributed by atoms with E-state index in [0.29, 0.717) is 0 Å². The molecule has 1 saturated carbocycles. The summed E-state index contributed by atoms with van der Waals surface area (Å²) < 4.78 is 5.34. The second-order valence-corrected chi connectivity index (χ2v) is 5.01. The van der Waals surface area contributed by atoms with Crippen LogP contribution in [0.25, 0.3) is 0 Å². The predicted octanol–water partition coefficient (Wildman–Crippen LogP) is 2.04. The van der Waals surface area contributed by atoms with E-state index in [-0.39, 0.29) is 6.04 Å². The molecule has 2 rings (SSSR count). The predicted molar refractivity (Wildman–Crippen MR) is 70.1 cm³/mol. The Morgan fingerprint density at radius 2 is 2.12 bits per heavy atom. The smallest absolute Gasteiger partial charge is 0.123 e. The standard InChI is InChI=1S/C14H22N2O/c1-16(9-11-7-8-11)10-13(15)12-5-3-4-6-14(12)17-2/h3-6,11,13H,7-10,15H2,1-2H3. The highest BCUT2D eigenvalue weighted by molar-refractivity contribution is 5.35. The molecular formula is C14H22N2O. The topological polar surface area (TPSA) is 38.5 Å². The highest BCUT2D eigenvalue weighted by Crippen LogP contribution is 2.30. The molecule has 0 aromatic heterocycles. The Morgan fingerprint density at radius 1 is 1.41 bits per heavy atom. The van der Waals surface area contributed by atoms with Crippen LogP contribution in [0, 0.1) is 5.92 Å². The van der Waals surface area contributed by atoms with Crippen molar-refractivity contribution in [2.75, 3.05) is 27.2 Å². The van der Waals surface area contributed by atoms with E-state index < -0.39 is 0 Å². The highest BCUT2D eigenvalue weighted by Gasteiger charge is 2.23. The molecule has 1 fully saturated rings. The number of nitrogens with zero attached hydrogens (tertiary/aromatic N) is 1. The Kier molecular flexibility index (Phi) is 4.02. The maximum absolute atomic E-state index is 6.25. The summed E-state index contributed by atoms with van der Waals surface area (Å²) in [6.45, 7) is 2.06. The number of nitrogens with two attached hydrogens (primary N) is 1. The average molecular weight is 234 g/mol. The number of rotatable bonds is 6. The van der Waals surface area contributed by atoms with Crippen molar-refractivity contribution in [3.05, 3.63) is 29.8 Å². The molecule has 1 aliphatic carbocycles. The largest absolute Gasteiger partial charge is 0.496 e. The van der Waals surface area contributed by atoms with Crippen molar-refractivity contribution >= 4 is 0 Å². The van der Waals surface area contributed by atoms with Gasteiger partial charge in [-0.15, -0.1) is 0 Å². The molecule has 3 heteroatoms. The minimum Gasteiger partial charge on any atom is -0.496 e. The Hall–Kier alpha value is -1.06. The third-order valence-corrected chi connectivity index (χ3v) is 3.31. The zero-order valence-corrected chi connectivity index (χ0v) is 10.7. The minimum atomic E-state index is 0.0231. The van der Waals surface area contributed by atoms with Crippen LogP contribution in [0.4, 0.5) is 0 Å². The lowest BCUT2D eigenvalue weighted by Crippen LogP contribution is -2.30. The zero-order valence-electron chi connectivity index (χ0n) is 10.7. The van der Waals surface area contributed by atoms with Crippen LogP contribution in [0.1, 0.15) is 24.4 Å². The van der Waals surface area contributed by atoms with Crippen molar-refractivity contribution in [2.24, 2.45) is 11.7 Å². The second kappa shape index (κ2) is 5.52. The van der Waals surface area contributed by atoms with Gasteiger partial charge in [0.25, 0.3) is 0 Å². The Labute approximate surface area is 104 Å². The molecule has 1 atom stereocenters. The molecule has 1 aromatic carbocycles. The highest BCUT2D eigenvalue weighted by atomic mass is 16.5. The van der Waals surface area contributed by atoms with E-state index in [0.717, 1.165) is 23.8 Å². The molecule has 1 aliphatic rings. The van der Waals surface area contributed by atoms with Crippen LogP contribution in [-0.4, -0.2) is 32.1 Å². The zero-order chi connectivity index (χ0) is 12.3. The van der Waals surface area contributed by atoms with Crippen LogP contribution in [0.15, 0.2) is 24.3 Å². The van der Waals surface area contributed by atoms with Crippen LogP contribution < -0.4 is 10.5 Å². The number of methoxy groups -OCH3 is 1. The van der Waals surface area contributed by atoms with E-state index in [1.807, 2.05) is 18.2 Å². The summed E-state index contributed by atoms with van der Waals surface area (Å²) in [5.41, 5.74) is 7.34. The lowest BCUT2D eigenvalue weighted by Gasteiger charge is -2.22. The van der Waals surface area contributed by atoms with E-state index in [1.165, 1.54) is 19.4 Å². The SMILES string of the molecule is COc1ccccc1C(N)CN(C)CC1CC1. The van der Waals surface area contributed by atoms with Crippen LogP contribution >= 0.6 is 0 Å². The molecule has 3 nitrogen and oxygen atoms in total. The molecule has 0 saturated heterocycles. The van der Waals surface area contributed by atoms with Gasteiger partial charge in [0.15, 0.2) is 0 Å². The van der Waals surface area contributed by atoms with Gasteiger partial charge in [-0.3, -0.25) is 0 Å². The van der Waals surface area contributed by atoms with Crippen LogP contribution in [0.2, 0.25) is 0 Å². The van der Waals surface area contributed by atoms with Crippen molar-refractivity contribution in [2.45, 2.75) is 18.9 Å². The summed E-state index contributed by atoms with van der Waals surface area (Å²) in [6.07, 6.45) is 2.77. The van der Waals surface area contributed by atoms with Crippen molar-refractivity contribution in [3.8, 4) is 5.75 Å². The van der Waals surface area contributed by atoms with Crippen molar-refractivity contribution < 1.29 is 4.74 Å². The number of benzene rings is 1. The fraction of sp³-hybridized carbons (Fsp3) is 0.571. The molecule has 17 heavy (non-hydrogen) atoms. The lowest BCUT2D eigenvalue weighted by atomic mass is 10.1. The van der Waals surface area contributed by atoms with Crippen molar-refractivity contribution in [1.82, 2.24) is 4.90 Å². The fourth-order valence-corrected chi connectivity index (χ4v) is 2.22. The number of para-hydroxylation sites is 1. The summed E-state index contributed by atoms with van der Waals surface area (Å²) in [7, 11) is 3.84. The summed E-state index contributed by atoms with van der Waals surface area (Å²) in [5, 5.41) is 0. The van der Waals surface area contributed by atoms with E-state index in [9.17, 15) is 0 Å². The summed E-state index contributed by atoms with van der Waals surface area (Å²) >= 11 is 0. The van der Waals surface area contributed by atoms with Gasteiger partial charge in [0.1, 0.15) is 5.75 Å². The molecule has 0 bridgehead atoms. The van der Waals surface area contributed by atoms with Gasteiger partial charge in [-0.25, -0.2) is 0 Å². The maximum atomic E-state index is 6.25. The molecule has 0 radical (unpaired) electrons. The van der Waals surface area contributed by atoms with Crippen LogP contribution in [-0.2, 0) is 0 Å². The van der Waals surface area contributed by atoms with E-state index in [1.54, 1.807) is 7.11 Å². The number of ether oxygens (including phenoxy) is 1. The number of likely N-dealkylation sites (N-methyl/N-ethyl adjacent to an activating group) is 1.